The summed E-state index contributed by atoms with van der Waals surface area (Å²) in [5, 5.41) is 0. The molecule has 0 aromatic heterocycles. The Bertz CT molecular complexity index is 1330. The van der Waals surface area contributed by atoms with Crippen molar-refractivity contribution in [2.75, 3.05) is 54.1 Å². The van der Waals surface area contributed by atoms with Crippen molar-refractivity contribution < 1.29 is 37.3 Å². The fraction of sp³-hybridized carbons (Fsp3) is 0.783. The first-order valence-electron chi connectivity index (χ1n) is 28.7. The molecule has 1 N–H and O–H groups in total. The number of allylic oxidation sites excluding steroid dienone is 12. The molecule has 0 aliphatic heterocycles. The number of hydrogen-bond acceptors (Lipinski definition) is 6. The maximum Gasteiger partial charge on any atom is 0.472 e. The van der Waals surface area contributed by atoms with Gasteiger partial charge < -0.3 is 18.9 Å². The van der Waals surface area contributed by atoms with E-state index in [0.717, 1.165) is 70.6 Å². The van der Waals surface area contributed by atoms with Gasteiger partial charge in [-0.1, -0.05) is 228 Å². The van der Waals surface area contributed by atoms with Gasteiger partial charge in [-0.25, -0.2) is 4.57 Å². The maximum atomic E-state index is 12.8. The van der Waals surface area contributed by atoms with Gasteiger partial charge >= 0.3 is 13.8 Å². The van der Waals surface area contributed by atoms with Crippen LogP contribution in [-0.4, -0.2) is 75.6 Å². The molecule has 0 saturated carbocycles. The topological polar surface area (TPSA) is 91.3 Å². The summed E-state index contributed by atoms with van der Waals surface area (Å²) < 4.78 is 35.3. The monoisotopic (exact) mass is 989 g/mol. The Kier molecular flexibility index (Phi) is 50.7. The lowest BCUT2D eigenvalue weighted by molar-refractivity contribution is -0.870. The zero-order valence-corrected chi connectivity index (χ0v) is 46.7. The minimum atomic E-state index is -4.29. The van der Waals surface area contributed by atoms with Gasteiger partial charge in [0.15, 0.2) is 0 Å². The summed E-state index contributed by atoms with van der Waals surface area (Å²) in [5.74, 6) is -0.321. The largest absolute Gasteiger partial charge is 0.472 e. The second kappa shape index (κ2) is 52.3. The number of ether oxygens (including phenoxy) is 2. The molecule has 9 heteroatoms. The fourth-order valence-electron chi connectivity index (χ4n) is 7.87. The molecule has 0 radical (unpaired) electrons. The molecule has 0 bridgehead atoms. The summed E-state index contributed by atoms with van der Waals surface area (Å²) in [6, 6.07) is 0. The number of unbranched alkanes of at least 4 members (excludes halogenated alkanes) is 27. The van der Waals surface area contributed by atoms with Crippen LogP contribution in [0.1, 0.15) is 245 Å². The summed E-state index contributed by atoms with van der Waals surface area (Å²) in [4.78, 5) is 23.1. The van der Waals surface area contributed by atoms with Gasteiger partial charge in [0.25, 0.3) is 0 Å². The SMILES string of the molecule is CC/C=C\C/C=C\C/C=C\C/C=C\CCCCCCCCCCC(=O)OC(COCCCCCCCCCCCCCCCC/C=C\C/C=C\CCCCCCC)COP(=O)(O)OCC[N+](C)(C)C. The van der Waals surface area contributed by atoms with E-state index in [9.17, 15) is 14.3 Å². The van der Waals surface area contributed by atoms with Gasteiger partial charge in [-0.15, -0.1) is 0 Å². The van der Waals surface area contributed by atoms with Crippen molar-refractivity contribution in [2.24, 2.45) is 0 Å². The molecule has 0 spiro atoms. The van der Waals surface area contributed by atoms with Crippen LogP contribution in [0.4, 0.5) is 0 Å². The molecule has 0 aliphatic rings. The summed E-state index contributed by atoms with van der Waals surface area (Å²) in [6.07, 6.45) is 69.6. The van der Waals surface area contributed by atoms with Gasteiger partial charge in [0.1, 0.15) is 19.3 Å². The highest BCUT2D eigenvalue weighted by atomic mass is 31.2. The lowest BCUT2D eigenvalue weighted by Crippen LogP contribution is -2.37. The molecular weight excluding hydrogens is 878 g/mol. The smallest absolute Gasteiger partial charge is 0.457 e. The molecule has 402 valence electrons. The third-order valence-corrected chi connectivity index (χ3v) is 13.2. The second-order valence-corrected chi connectivity index (χ2v) is 21.7. The van der Waals surface area contributed by atoms with Gasteiger partial charge in [0, 0.05) is 13.0 Å². The minimum Gasteiger partial charge on any atom is -0.457 e. The lowest BCUT2D eigenvalue weighted by Gasteiger charge is -2.24. The summed E-state index contributed by atoms with van der Waals surface area (Å²) in [7, 11) is 1.66. The molecule has 0 heterocycles. The van der Waals surface area contributed by atoms with E-state index in [1.54, 1.807) is 0 Å². The Morgan fingerprint density at radius 2 is 0.841 bits per heavy atom. The van der Waals surface area contributed by atoms with E-state index in [1.165, 1.54) is 154 Å². The average molecular weight is 990 g/mol. The van der Waals surface area contributed by atoms with E-state index in [0.29, 0.717) is 24.1 Å². The Morgan fingerprint density at radius 3 is 1.26 bits per heavy atom. The first kappa shape index (κ1) is 66.9. The molecule has 0 aromatic carbocycles. The van der Waals surface area contributed by atoms with Crippen molar-refractivity contribution in [1.29, 1.82) is 0 Å². The first-order valence-corrected chi connectivity index (χ1v) is 30.2. The van der Waals surface area contributed by atoms with Crippen molar-refractivity contribution in [3.05, 3.63) is 72.9 Å². The van der Waals surface area contributed by atoms with Crippen molar-refractivity contribution in [3.63, 3.8) is 0 Å². The third kappa shape index (κ3) is 56.7. The molecule has 0 fully saturated rings. The molecule has 0 saturated heterocycles. The minimum absolute atomic E-state index is 0.0844. The lowest BCUT2D eigenvalue weighted by atomic mass is 10.0. The van der Waals surface area contributed by atoms with Gasteiger partial charge in [-0.2, -0.15) is 0 Å². The number of likely N-dealkylation sites (N-methyl/N-ethyl adjacent to an activating group) is 1. The number of esters is 1. The van der Waals surface area contributed by atoms with Gasteiger partial charge in [-0.3, -0.25) is 13.8 Å². The predicted octanol–water partition coefficient (Wildman–Crippen LogP) is 18.2. The second-order valence-electron chi connectivity index (χ2n) is 20.3. The van der Waals surface area contributed by atoms with E-state index >= 15 is 0 Å². The zero-order chi connectivity index (χ0) is 50.5. The zero-order valence-electron chi connectivity index (χ0n) is 45.8. The molecule has 0 amide bonds. The molecule has 0 rings (SSSR count). The number of phosphoric ester groups is 1. The number of phosphoric acid groups is 1. The summed E-state index contributed by atoms with van der Waals surface area (Å²) >= 11 is 0. The van der Waals surface area contributed by atoms with Crippen LogP contribution >= 0.6 is 7.82 Å². The van der Waals surface area contributed by atoms with E-state index < -0.39 is 13.9 Å². The number of hydrogen-bond donors (Lipinski definition) is 1. The van der Waals surface area contributed by atoms with Crippen LogP contribution in [0, 0.1) is 0 Å². The van der Waals surface area contributed by atoms with Crippen LogP contribution in [0.2, 0.25) is 0 Å². The van der Waals surface area contributed by atoms with Crippen molar-refractivity contribution in [3.8, 4) is 0 Å². The van der Waals surface area contributed by atoms with E-state index in [1.807, 2.05) is 21.1 Å². The molecule has 69 heavy (non-hydrogen) atoms. The van der Waals surface area contributed by atoms with Crippen LogP contribution in [0.5, 0.6) is 0 Å². The molecule has 2 atom stereocenters. The van der Waals surface area contributed by atoms with Crippen LogP contribution < -0.4 is 0 Å². The third-order valence-electron chi connectivity index (χ3n) is 12.3. The number of rotatable bonds is 53. The highest BCUT2D eigenvalue weighted by molar-refractivity contribution is 7.47. The number of nitrogens with zero attached hydrogens (tertiary/aromatic N) is 1. The van der Waals surface area contributed by atoms with Crippen LogP contribution in [-0.2, 0) is 27.9 Å². The fourth-order valence-corrected chi connectivity index (χ4v) is 8.61. The average Bonchev–Trinajstić information content (AvgIpc) is 3.31. The highest BCUT2D eigenvalue weighted by Crippen LogP contribution is 2.43. The van der Waals surface area contributed by atoms with Crippen molar-refractivity contribution >= 4 is 13.8 Å². The van der Waals surface area contributed by atoms with Crippen LogP contribution in [0.3, 0.4) is 0 Å². The van der Waals surface area contributed by atoms with E-state index in [-0.39, 0.29) is 25.8 Å². The van der Waals surface area contributed by atoms with Gasteiger partial charge in [0.2, 0.25) is 0 Å². The Labute approximate surface area is 427 Å². The number of carbonyl (C=O) groups is 1. The Hall–Kier alpha value is -2.06. The molecule has 0 aromatic rings. The van der Waals surface area contributed by atoms with Gasteiger partial charge in [0.05, 0.1) is 34.4 Å². The number of carbonyl (C=O) groups excluding carboxylic acids is 1. The quantitative estimate of drug-likeness (QED) is 0.0213. The highest BCUT2D eigenvalue weighted by Gasteiger charge is 2.26. The molecule has 2 unspecified atom stereocenters. The Balaban J connectivity index is 4.08. The Morgan fingerprint density at radius 1 is 0.464 bits per heavy atom. The van der Waals surface area contributed by atoms with Gasteiger partial charge in [-0.05, 0) is 83.5 Å². The molecule has 0 aliphatic carbocycles. The van der Waals surface area contributed by atoms with Crippen LogP contribution in [0.15, 0.2) is 72.9 Å². The standard InChI is InChI=1S/C60H110NO7P/c1-6-8-10-12-14-16-18-20-22-24-26-28-29-30-31-32-34-36-38-40-42-44-46-48-50-52-55-65-57-59(58-67-69(63,64)66-56-54-61(3,4)5)68-60(62)53-51-49-47-45-43-41-39-37-35-33-27-25-23-21-19-17-15-13-11-9-7-2/h9,11,15,17-18,20-21,23-24,26-27,33,59H,6-8,10,12-14,16,19,22,25,28-32,34-58H2,1-5H3/p+1/b11-9-,17-15-,20-18-,23-21-,26-24-,33-27-. The maximum absolute atomic E-state index is 12.8. The van der Waals surface area contributed by atoms with E-state index in [4.69, 9.17) is 18.5 Å². The van der Waals surface area contributed by atoms with Crippen LogP contribution in [0.25, 0.3) is 0 Å². The predicted molar refractivity (Wildman–Crippen MR) is 298 cm³/mol. The number of quaternary nitrogens is 1. The summed E-state index contributed by atoms with van der Waals surface area (Å²) in [5.41, 5.74) is 0. The first-order chi connectivity index (χ1) is 33.6. The normalized spacial score (nSPS) is 14.0. The molecular formula is C60H111NO7P+. The van der Waals surface area contributed by atoms with Crippen molar-refractivity contribution in [1.82, 2.24) is 0 Å². The molecule has 8 nitrogen and oxygen atoms in total. The summed E-state index contributed by atoms with van der Waals surface area (Å²) in [6.45, 7) is 5.51. The van der Waals surface area contributed by atoms with Crippen molar-refractivity contribution in [2.45, 2.75) is 251 Å². The van der Waals surface area contributed by atoms with E-state index in [2.05, 4.69) is 86.8 Å².